The Kier molecular flexibility index (Phi) is 11.5. The molecule has 2 aliphatic heterocycles. The van der Waals surface area contributed by atoms with Crippen molar-refractivity contribution in [1.82, 2.24) is 0 Å². The molecule has 0 fully saturated rings. The Morgan fingerprint density at radius 2 is 0.787 bits per heavy atom. The molecule has 0 unspecified atom stereocenters. The number of anilines is 6. The van der Waals surface area contributed by atoms with Crippen molar-refractivity contribution in [1.29, 1.82) is 0 Å². The van der Waals surface area contributed by atoms with Crippen LogP contribution in [0.4, 0.5) is 32.8 Å². The van der Waals surface area contributed by atoms with Gasteiger partial charge in [-0.05, 0) is 154 Å². The summed E-state index contributed by atoms with van der Waals surface area (Å²) < 4.78 is 5.23. The van der Waals surface area contributed by atoms with Gasteiger partial charge in [-0.2, -0.15) is 0 Å². The maximum atomic E-state index is 2.72. The number of thiophene rings is 4. The Hall–Kier alpha value is -7.52. The molecule has 0 saturated carbocycles. The van der Waals surface area contributed by atoms with Gasteiger partial charge in [-0.1, -0.05) is 201 Å². The van der Waals surface area contributed by atoms with E-state index in [1.807, 2.05) is 45.3 Å². The number of benzene rings is 9. The standard InChI is InChI=1S/C73H59BN2S4/c1-43(2)50-37-59-69-60(38-50)76(58-36-49(28-32-54(58)45-21-13-10-14-22-45)66-40-47-24-16-18-26-62(47)78-66)71-68(56-42-52(73(6,7)8)30-34-64(56)80-71)74(69)67-55-41-51(72(3,4)5)29-33-63(55)79-70(67)75(59)57-35-48(27-31-53(57)44-19-11-9-12-20-44)65-39-46-23-15-17-25-61(46)77-65/h9-43H,1-8H3. The van der Waals surface area contributed by atoms with E-state index in [-0.39, 0.29) is 23.5 Å². The molecule has 0 N–H and O–H groups in total. The average molecular weight is 1100 g/mol. The second-order valence-corrected chi connectivity index (χ2v) is 28.5. The summed E-state index contributed by atoms with van der Waals surface area (Å²) in [5, 5.41) is 7.85. The highest BCUT2D eigenvalue weighted by molar-refractivity contribution is 7.29. The fraction of sp³-hybridized carbons (Fsp3) is 0.151. The van der Waals surface area contributed by atoms with Crippen LogP contribution in [0, 0.1) is 0 Å². The Balaban J connectivity index is 1.10. The van der Waals surface area contributed by atoms with E-state index in [1.165, 1.54) is 149 Å². The fourth-order valence-electron chi connectivity index (χ4n) is 12.5. The van der Waals surface area contributed by atoms with Crippen LogP contribution in [0.25, 0.3) is 83.5 Å². The van der Waals surface area contributed by atoms with Gasteiger partial charge in [0.1, 0.15) is 0 Å². The zero-order chi connectivity index (χ0) is 54.3. The molecule has 6 heterocycles. The summed E-state index contributed by atoms with van der Waals surface area (Å²) in [4.78, 5) is 7.99. The number of fused-ring (bicyclic) bond motifs is 10. The largest absolute Gasteiger partial charge is 0.302 e. The molecule has 15 rings (SSSR count). The van der Waals surface area contributed by atoms with Crippen LogP contribution in [0.3, 0.4) is 0 Å². The summed E-state index contributed by atoms with van der Waals surface area (Å²) >= 11 is 7.70. The Bertz CT molecular complexity index is 4260. The Morgan fingerprint density at radius 3 is 1.20 bits per heavy atom. The van der Waals surface area contributed by atoms with E-state index in [1.54, 1.807) is 0 Å². The van der Waals surface area contributed by atoms with Crippen molar-refractivity contribution < 1.29 is 0 Å². The summed E-state index contributed by atoms with van der Waals surface area (Å²) in [6, 6.07) is 79.1. The molecule has 0 atom stereocenters. The monoisotopic (exact) mass is 1100 g/mol. The van der Waals surface area contributed by atoms with Crippen molar-refractivity contribution in [3.05, 3.63) is 223 Å². The molecule has 2 aliphatic rings. The first kappa shape index (κ1) is 49.5. The lowest BCUT2D eigenvalue weighted by Crippen LogP contribution is -2.60. The van der Waals surface area contributed by atoms with Gasteiger partial charge >= 0.3 is 0 Å². The summed E-state index contributed by atoms with van der Waals surface area (Å²) in [5.74, 6) is 0.243. The quantitative estimate of drug-likeness (QED) is 0.147. The maximum absolute atomic E-state index is 2.72. The molecule has 13 aromatic rings. The van der Waals surface area contributed by atoms with Crippen LogP contribution < -0.4 is 26.2 Å². The zero-order valence-corrected chi connectivity index (χ0v) is 49.6. The minimum absolute atomic E-state index is 0.0515. The van der Waals surface area contributed by atoms with Gasteiger partial charge in [-0.15, -0.1) is 45.3 Å². The van der Waals surface area contributed by atoms with Crippen molar-refractivity contribution in [3.63, 3.8) is 0 Å². The van der Waals surface area contributed by atoms with Crippen LogP contribution >= 0.6 is 45.3 Å². The molecule has 9 aromatic carbocycles. The molecule has 0 amide bonds. The highest BCUT2D eigenvalue weighted by Crippen LogP contribution is 2.55. The SMILES string of the molecule is CC(C)c1cc2c3c(c1)N(c1cc(-c4cc5ccccc5s4)ccc1-c1ccccc1)c1sc4ccc(C(C)(C)C)cc4c1B3c1c(sc3ccc(C(C)(C)C)cc13)N2c1cc(-c2cc3ccccc3s2)ccc1-c1ccccc1. The normalized spacial score (nSPS) is 13.3. The Morgan fingerprint density at radius 1 is 0.362 bits per heavy atom. The minimum Gasteiger partial charge on any atom is -0.302 e. The van der Waals surface area contributed by atoms with Crippen molar-refractivity contribution in [2.24, 2.45) is 0 Å². The van der Waals surface area contributed by atoms with E-state index >= 15 is 0 Å². The molecule has 0 aliphatic carbocycles. The smallest absolute Gasteiger partial charge is 0.256 e. The third-order valence-corrected chi connectivity index (χ3v) is 21.5. The van der Waals surface area contributed by atoms with E-state index in [0.717, 1.165) is 0 Å². The molecule has 0 spiro atoms. The summed E-state index contributed by atoms with van der Waals surface area (Å²) in [6.07, 6.45) is 0. The van der Waals surface area contributed by atoms with Crippen LogP contribution in [-0.2, 0) is 10.8 Å². The van der Waals surface area contributed by atoms with Crippen LogP contribution in [0.5, 0.6) is 0 Å². The minimum atomic E-state index is -0.0662. The van der Waals surface area contributed by atoms with Gasteiger partial charge in [-0.25, -0.2) is 0 Å². The van der Waals surface area contributed by atoms with Gasteiger partial charge in [0.25, 0.3) is 6.71 Å². The topological polar surface area (TPSA) is 6.48 Å². The highest BCUT2D eigenvalue weighted by atomic mass is 32.1. The van der Waals surface area contributed by atoms with E-state index < -0.39 is 0 Å². The van der Waals surface area contributed by atoms with Crippen molar-refractivity contribution in [2.45, 2.75) is 72.1 Å². The van der Waals surface area contributed by atoms with Crippen LogP contribution in [0.2, 0.25) is 0 Å². The number of hydrogen-bond acceptors (Lipinski definition) is 6. The van der Waals surface area contributed by atoms with Crippen molar-refractivity contribution in [3.8, 4) is 43.1 Å². The second kappa shape index (κ2) is 18.5. The molecule has 80 heavy (non-hydrogen) atoms. The van der Waals surface area contributed by atoms with Crippen LogP contribution in [0.1, 0.15) is 78.0 Å². The lowest BCUT2D eigenvalue weighted by atomic mass is 9.33. The van der Waals surface area contributed by atoms with Gasteiger partial charge < -0.3 is 9.80 Å². The first-order valence-corrected chi connectivity index (χ1v) is 31.3. The lowest BCUT2D eigenvalue weighted by Gasteiger charge is -2.43. The van der Waals surface area contributed by atoms with E-state index in [0.29, 0.717) is 0 Å². The Labute approximate surface area is 486 Å². The fourth-order valence-corrected chi connectivity index (χ4v) is 17.1. The van der Waals surface area contributed by atoms with Gasteiger partial charge in [0.15, 0.2) is 0 Å². The van der Waals surface area contributed by atoms with Crippen LogP contribution in [-0.4, -0.2) is 6.71 Å². The summed E-state index contributed by atoms with van der Waals surface area (Å²) in [6.45, 7) is 18.8. The van der Waals surface area contributed by atoms with Crippen molar-refractivity contribution in [2.75, 3.05) is 9.80 Å². The third kappa shape index (κ3) is 7.98. The predicted octanol–water partition coefficient (Wildman–Crippen LogP) is 21.0. The molecule has 7 heteroatoms. The maximum Gasteiger partial charge on any atom is 0.256 e. The van der Waals surface area contributed by atoms with Crippen molar-refractivity contribution >= 4 is 142 Å². The highest BCUT2D eigenvalue weighted by Gasteiger charge is 2.48. The van der Waals surface area contributed by atoms with Crippen LogP contribution in [0.15, 0.2) is 206 Å². The molecular formula is C73H59BN2S4. The number of nitrogens with zero attached hydrogens (tertiary/aromatic N) is 2. The summed E-state index contributed by atoms with van der Waals surface area (Å²) in [5.41, 5.74) is 20.2. The molecule has 0 radical (unpaired) electrons. The average Bonchev–Trinajstić information content (AvgIpc) is 4.45. The van der Waals surface area contributed by atoms with Gasteiger partial charge in [0, 0.05) is 51.1 Å². The summed E-state index contributed by atoms with van der Waals surface area (Å²) in [7, 11) is 0. The molecule has 4 aromatic heterocycles. The predicted molar refractivity (Wildman–Crippen MR) is 355 cm³/mol. The van der Waals surface area contributed by atoms with Gasteiger partial charge in [-0.3, -0.25) is 0 Å². The third-order valence-electron chi connectivity index (χ3n) is 16.8. The lowest BCUT2D eigenvalue weighted by molar-refractivity contribution is 0.591. The first-order valence-electron chi connectivity index (χ1n) is 28.0. The molecule has 388 valence electrons. The van der Waals surface area contributed by atoms with Gasteiger partial charge in [0.2, 0.25) is 0 Å². The molecule has 0 bridgehead atoms. The first-order chi connectivity index (χ1) is 38.7. The molecule has 0 saturated heterocycles. The second-order valence-electron chi connectivity index (χ2n) is 24.3. The number of hydrogen-bond donors (Lipinski definition) is 0. The van der Waals surface area contributed by atoms with Gasteiger partial charge in [0.05, 0.1) is 21.4 Å². The number of rotatable bonds is 7. The van der Waals surface area contributed by atoms with E-state index in [2.05, 4.69) is 271 Å². The molecule has 2 nitrogen and oxygen atoms in total. The van der Waals surface area contributed by atoms with E-state index in [9.17, 15) is 0 Å². The molecular weight excluding hydrogens is 1040 g/mol. The van der Waals surface area contributed by atoms with E-state index in [4.69, 9.17) is 0 Å². The zero-order valence-electron chi connectivity index (χ0n) is 46.3.